The summed E-state index contributed by atoms with van der Waals surface area (Å²) in [5.41, 5.74) is 6.78. The highest BCUT2D eigenvalue weighted by Gasteiger charge is 2.03. The molecule has 0 amide bonds. The Labute approximate surface area is 85.8 Å². The van der Waals surface area contributed by atoms with Crippen LogP contribution in [0.4, 0.5) is 5.82 Å². The molecule has 0 saturated heterocycles. The average Bonchev–Trinajstić information content (AvgIpc) is 2.01. The first-order chi connectivity index (χ1) is 6.61. The molecule has 0 aliphatic heterocycles. The second-order valence-electron chi connectivity index (χ2n) is 4.05. The van der Waals surface area contributed by atoms with Crippen molar-refractivity contribution in [1.82, 2.24) is 9.97 Å². The van der Waals surface area contributed by atoms with Crippen LogP contribution in [0.15, 0.2) is 6.07 Å². The molecule has 1 aromatic rings. The van der Waals surface area contributed by atoms with E-state index in [9.17, 15) is 0 Å². The monoisotopic (exact) mass is 193 g/mol. The van der Waals surface area contributed by atoms with E-state index in [1.807, 2.05) is 6.07 Å². The van der Waals surface area contributed by atoms with Crippen LogP contribution in [-0.4, -0.2) is 9.97 Å². The molecule has 0 saturated carbocycles. The van der Waals surface area contributed by atoms with Crippen molar-refractivity contribution in [1.29, 1.82) is 0 Å². The van der Waals surface area contributed by atoms with Crippen molar-refractivity contribution < 1.29 is 0 Å². The molecule has 78 valence electrons. The molecule has 0 fully saturated rings. The van der Waals surface area contributed by atoms with Crippen LogP contribution in [0.5, 0.6) is 0 Å². The van der Waals surface area contributed by atoms with Gasteiger partial charge in [0.05, 0.1) is 0 Å². The van der Waals surface area contributed by atoms with Gasteiger partial charge in [0.2, 0.25) is 0 Å². The van der Waals surface area contributed by atoms with E-state index < -0.39 is 0 Å². The van der Waals surface area contributed by atoms with Crippen LogP contribution in [0.25, 0.3) is 0 Å². The van der Waals surface area contributed by atoms with Gasteiger partial charge in [0.25, 0.3) is 0 Å². The Hall–Kier alpha value is -1.12. The first-order valence-electron chi connectivity index (χ1n) is 5.24. The average molecular weight is 193 g/mol. The van der Waals surface area contributed by atoms with Gasteiger partial charge in [0, 0.05) is 18.2 Å². The summed E-state index contributed by atoms with van der Waals surface area (Å²) in [5.74, 6) is 2.08. The zero-order chi connectivity index (χ0) is 10.6. The van der Waals surface area contributed by atoms with Crippen molar-refractivity contribution in [3.05, 3.63) is 17.6 Å². The molecule has 0 aromatic carbocycles. The summed E-state index contributed by atoms with van der Waals surface area (Å²) >= 11 is 0. The molecule has 0 spiro atoms. The molecular weight excluding hydrogens is 174 g/mol. The SMILES string of the molecule is CCCc1nc(N)cc(CC(C)C)n1. The van der Waals surface area contributed by atoms with Gasteiger partial charge < -0.3 is 5.73 Å². The van der Waals surface area contributed by atoms with Gasteiger partial charge in [-0.2, -0.15) is 0 Å². The Balaban J connectivity index is 2.83. The fraction of sp³-hybridized carbons (Fsp3) is 0.636. The minimum atomic E-state index is 0.596. The van der Waals surface area contributed by atoms with Crippen molar-refractivity contribution in [3.8, 4) is 0 Å². The smallest absolute Gasteiger partial charge is 0.130 e. The minimum Gasteiger partial charge on any atom is -0.384 e. The van der Waals surface area contributed by atoms with Crippen LogP contribution in [-0.2, 0) is 12.8 Å². The van der Waals surface area contributed by atoms with Crippen LogP contribution in [0.1, 0.15) is 38.7 Å². The predicted octanol–water partition coefficient (Wildman–Crippen LogP) is 2.21. The Morgan fingerprint density at radius 2 is 2.07 bits per heavy atom. The number of aryl methyl sites for hydroxylation is 1. The number of rotatable bonds is 4. The Morgan fingerprint density at radius 3 is 2.64 bits per heavy atom. The molecule has 1 rings (SSSR count). The van der Waals surface area contributed by atoms with Gasteiger partial charge in [-0.05, 0) is 18.8 Å². The van der Waals surface area contributed by atoms with E-state index in [-0.39, 0.29) is 0 Å². The molecule has 3 heteroatoms. The molecule has 3 nitrogen and oxygen atoms in total. The third kappa shape index (κ3) is 3.32. The normalized spacial score (nSPS) is 10.9. The van der Waals surface area contributed by atoms with Gasteiger partial charge in [-0.25, -0.2) is 9.97 Å². The van der Waals surface area contributed by atoms with E-state index in [0.717, 1.165) is 30.8 Å². The van der Waals surface area contributed by atoms with Gasteiger partial charge >= 0.3 is 0 Å². The Bertz CT molecular complexity index is 295. The van der Waals surface area contributed by atoms with Crippen LogP contribution in [0.2, 0.25) is 0 Å². The van der Waals surface area contributed by atoms with Gasteiger partial charge in [0.15, 0.2) is 0 Å². The highest BCUT2D eigenvalue weighted by molar-refractivity contribution is 5.30. The van der Waals surface area contributed by atoms with E-state index in [4.69, 9.17) is 5.73 Å². The second kappa shape index (κ2) is 4.94. The van der Waals surface area contributed by atoms with Crippen LogP contribution in [0.3, 0.4) is 0 Å². The van der Waals surface area contributed by atoms with E-state index in [0.29, 0.717) is 11.7 Å². The maximum atomic E-state index is 5.71. The van der Waals surface area contributed by atoms with Crippen molar-refractivity contribution in [2.24, 2.45) is 5.92 Å². The second-order valence-corrected chi connectivity index (χ2v) is 4.05. The lowest BCUT2D eigenvalue weighted by atomic mass is 10.1. The third-order valence-corrected chi connectivity index (χ3v) is 1.94. The number of anilines is 1. The number of nitrogen functional groups attached to an aromatic ring is 1. The van der Waals surface area contributed by atoms with E-state index >= 15 is 0 Å². The molecule has 2 N–H and O–H groups in total. The molecule has 0 aliphatic carbocycles. The molecule has 14 heavy (non-hydrogen) atoms. The molecular formula is C11H19N3. The minimum absolute atomic E-state index is 0.596. The summed E-state index contributed by atoms with van der Waals surface area (Å²) in [6.07, 6.45) is 2.95. The summed E-state index contributed by atoms with van der Waals surface area (Å²) < 4.78 is 0. The molecule has 0 atom stereocenters. The summed E-state index contributed by atoms with van der Waals surface area (Å²) in [4.78, 5) is 8.67. The number of nitrogens with zero attached hydrogens (tertiary/aromatic N) is 2. The quantitative estimate of drug-likeness (QED) is 0.797. The lowest BCUT2D eigenvalue weighted by Gasteiger charge is -2.06. The van der Waals surface area contributed by atoms with E-state index in [1.165, 1.54) is 0 Å². The van der Waals surface area contributed by atoms with Gasteiger partial charge in [0.1, 0.15) is 11.6 Å². The fourth-order valence-corrected chi connectivity index (χ4v) is 1.43. The highest BCUT2D eigenvalue weighted by Crippen LogP contribution is 2.09. The highest BCUT2D eigenvalue weighted by atomic mass is 14.9. The van der Waals surface area contributed by atoms with Gasteiger partial charge in [-0.3, -0.25) is 0 Å². The maximum Gasteiger partial charge on any atom is 0.130 e. The maximum absolute atomic E-state index is 5.71. The standard InChI is InChI=1S/C11H19N3/c1-4-5-11-13-9(6-8(2)3)7-10(12)14-11/h7-8H,4-6H2,1-3H3,(H2,12,13,14). The van der Waals surface area contributed by atoms with Crippen molar-refractivity contribution in [3.63, 3.8) is 0 Å². The van der Waals surface area contributed by atoms with Crippen molar-refractivity contribution >= 4 is 5.82 Å². The summed E-state index contributed by atoms with van der Waals surface area (Å²) in [7, 11) is 0. The lowest BCUT2D eigenvalue weighted by molar-refractivity contribution is 0.629. The third-order valence-electron chi connectivity index (χ3n) is 1.94. The van der Waals surface area contributed by atoms with Crippen LogP contribution >= 0.6 is 0 Å². The van der Waals surface area contributed by atoms with Gasteiger partial charge in [-0.15, -0.1) is 0 Å². The van der Waals surface area contributed by atoms with Crippen molar-refractivity contribution in [2.75, 3.05) is 5.73 Å². The van der Waals surface area contributed by atoms with E-state index in [1.54, 1.807) is 0 Å². The predicted molar refractivity (Wildman–Crippen MR) is 59.0 cm³/mol. The summed E-state index contributed by atoms with van der Waals surface area (Å²) in [5, 5.41) is 0. The van der Waals surface area contributed by atoms with Crippen molar-refractivity contribution in [2.45, 2.75) is 40.0 Å². The summed E-state index contributed by atoms with van der Waals surface area (Å²) in [6, 6.07) is 1.87. The van der Waals surface area contributed by atoms with E-state index in [2.05, 4.69) is 30.7 Å². The number of aromatic nitrogens is 2. The first-order valence-corrected chi connectivity index (χ1v) is 5.24. The largest absolute Gasteiger partial charge is 0.384 e. The first kappa shape index (κ1) is 11.0. The molecule has 1 heterocycles. The molecule has 1 aromatic heterocycles. The fourth-order valence-electron chi connectivity index (χ4n) is 1.43. The van der Waals surface area contributed by atoms with Gasteiger partial charge in [-0.1, -0.05) is 20.8 Å². The Kier molecular flexibility index (Phi) is 3.86. The molecule has 0 aliphatic rings. The lowest BCUT2D eigenvalue weighted by Crippen LogP contribution is -2.05. The zero-order valence-corrected chi connectivity index (χ0v) is 9.25. The van der Waals surface area contributed by atoms with Crippen LogP contribution in [0, 0.1) is 5.92 Å². The number of hydrogen-bond donors (Lipinski definition) is 1. The molecule has 0 unspecified atom stereocenters. The summed E-state index contributed by atoms with van der Waals surface area (Å²) in [6.45, 7) is 6.48. The molecule has 0 radical (unpaired) electrons. The topological polar surface area (TPSA) is 51.8 Å². The van der Waals surface area contributed by atoms with Crippen LogP contribution < -0.4 is 5.73 Å². The number of nitrogens with two attached hydrogens (primary N) is 1. The Morgan fingerprint density at radius 1 is 1.36 bits per heavy atom. The number of hydrogen-bond acceptors (Lipinski definition) is 3. The molecule has 0 bridgehead atoms. The zero-order valence-electron chi connectivity index (χ0n) is 9.25.